The van der Waals surface area contributed by atoms with Crippen LogP contribution in [0.2, 0.25) is 0 Å². The van der Waals surface area contributed by atoms with E-state index in [0.717, 1.165) is 19.4 Å². The van der Waals surface area contributed by atoms with Gasteiger partial charge in [0, 0.05) is 13.2 Å². The van der Waals surface area contributed by atoms with Crippen molar-refractivity contribution in [3.8, 4) is 0 Å². The number of likely N-dealkylation sites (N-methyl/N-ethyl adjacent to an activating group) is 1. The summed E-state index contributed by atoms with van der Waals surface area (Å²) in [6, 6.07) is 0. The van der Waals surface area contributed by atoms with E-state index >= 15 is 0 Å². The predicted octanol–water partition coefficient (Wildman–Crippen LogP) is 1.65. The van der Waals surface area contributed by atoms with Crippen molar-refractivity contribution >= 4 is 5.97 Å². The number of nitrogens with one attached hydrogen (secondary N) is 1. The van der Waals surface area contributed by atoms with Crippen LogP contribution in [0.3, 0.4) is 0 Å². The summed E-state index contributed by atoms with van der Waals surface area (Å²) < 4.78 is 5.36. The van der Waals surface area contributed by atoms with E-state index in [1.54, 1.807) is 6.92 Å². The third kappa shape index (κ3) is 5.74. The maximum atomic E-state index is 11.0. The second-order valence-corrected chi connectivity index (χ2v) is 3.88. The molecule has 0 radical (unpaired) electrons. The van der Waals surface area contributed by atoms with E-state index in [1.807, 2.05) is 6.92 Å². The van der Waals surface area contributed by atoms with Gasteiger partial charge in [-0.1, -0.05) is 20.3 Å². The molecule has 0 aliphatic rings. The molecule has 4 nitrogen and oxygen atoms in total. The monoisotopic (exact) mass is 217 g/mol. The second-order valence-electron chi connectivity index (χ2n) is 3.88. The van der Waals surface area contributed by atoms with E-state index in [-0.39, 0.29) is 0 Å². The molecule has 90 valence electrons. The highest BCUT2D eigenvalue weighted by molar-refractivity contribution is 5.78. The van der Waals surface area contributed by atoms with Crippen LogP contribution in [0.1, 0.15) is 40.0 Å². The fourth-order valence-electron chi connectivity index (χ4n) is 1.29. The van der Waals surface area contributed by atoms with Gasteiger partial charge in [0.25, 0.3) is 0 Å². The molecule has 0 aliphatic heterocycles. The zero-order valence-electron chi connectivity index (χ0n) is 10.0. The van der Waals surface area contributed by atoms with Crippen LogP contribution in [0.5, 0.6) is 0 Å². The zero-order valence-corrected chi connectivity index (χ0v) is 10.0. The lowest BCUT2D eigenvalue weighted by Gasteiger charge is -2.25. The lowest BCUT2D eigenvalue weighted by Crippen LogP contribution is -2.50. The van der Waals surface area contributed by atoms with E-state index in [0.29, 0.717) is 19.6 Å². The molecule has 0 spiro atoms. The van der Waals surface area contributed by atoms with Crippen LogP contribution in [-0.2, 0) is 9.53 Å². The standard InChI is InChI=1S/C11H23NO3/c1-4-6-8-15-9-7-11(3,10(13)14)12-5-2/h12H,4-9H2,1-3H3,(H,13,14). The Morgan fingerprint density at radius 1 is 1.40 bits per heavy atom. The SMILES string of the molecule is CCCCOCCC(C)(NCC)C(=O)O. The molecule has 1 atom stereocenters. The summed E-state index contributed by atoms with van der Waals surface area (Å²) in [5.41, 5.74) is -0.860. The van der Waals surface area contributed by atoms with Gasteiger partial charge in [0.15, 0.2) is 0 Å². The van der Waals surface area contributed by atoms with Crippen LogP contribution in [0, 0.1) is 0 Å². The average molecular weight is 217 g/mol. The number of hydrogen-bond donors (Lipinski definition) is 2. The van der Waals surface area contributed by atoms with Gasteiger partial charge in [-0.25, -0.2) is 0 Å². The predicted molar refractivity (Wildman–Crippen MR) is 60.1 cm³/mol. The zero-order chi connectivity index (χ0) is 11.7. The minimum Gasteiger partial charge on any atom is -0.480 e. The lowest BCUT2D eigenvalue weighted by atomic mass is 9.99. The number of carboxylic acids is 1. The molecule has 15 heavy (non-hydrogen) atoms. The normalized spacial score (nSPS) is 14.9. The first-order valence-electron chi connectivity index (χ1n) is 5.63. The first kappa shape index (κ1) is 14.4. The average Bonchev–Trinajstić information content (AvgIpc) is 2.18. The van der Waals surface area contributed by atoms with Gasteiger partial charge in [0.05, 0.1) is 0 Å². The van der Waals surface area contributed by atoms with E-state index in [1.165, 1.54) is 0 Å². The molecule has 0 saturated carbocycles. The molecule has 1 unspecified atom stereocenters. The van der Waals surface area contributed by atoms with Crippen LogP contribution >= 0.6 is 0 Å². The van der Waals surface area contributed by atoms with Gasteiger partial charge in [0.2, 0.25) is 0 Å². The number of unbranched alkanes of at least 4 members (excludes halogenated alkanes) is 1. The molecule has 0 bridgehead atoms. The van der Waals surface area contributed by atoms with Crippen molar-refractivity contribution in [2.45, 2.75) is 45.6 Å². The van der Waals surface area contributed by atoms with E-state index in [2.05, 4.69) is 12.2 Å². The van der Waals surface area contributed by atoms with Crippen LogP contribution in [-0.4, -0.2) is 36.4 Å². The highest BCUT2D eigenvalue weighted by atomic mass is 16.5. The quantitative estimate of drug-likeness (QED) is 0.576. The molecule has 0 aromatic rings. The van der Waals surface area contributed by atoms with Gasteiger partial charge in [0.1, 0.15) is 5.54 Å². The molecule has 0 fully saturated rings. The van der Waals surface area contributed by atoms with Crippen LogP contribution in [0.25, 0.3) is 0 Å². The van der Waals surface area contributed by atoms with Gasteiger partial charge in [-0.05, 0) is 26.3 Å². The minimum absolute atomic E-state index is 0.496. The lowest BCUT2D eigenvalue weighted by molar-refractivity contribution is -0.145. The Balaban J connectivity index is 3.81. The van der Waals surface area contributed by atoms with Crippen molar-refractivity contribution in [2.24, 2.45) is 0 Å². The van der Waals surface area contributed by atoms with Crippen molar-refractivity contribution in [1.82, 2.24) is 5.32 Å². The van der Waals surface area contributed by atoms with E-state index in [9.17, 15) is 4.79 Å². The Labute approximate surface area is 92.0 Å². The smallest absolute Gasteiger partial charge is 0.323 e. The van der Waals surface area contributed by atoms with Crippen molar-refractivity contribution in [1.29, 1.82) is 0 Å². The number of ether oxygens (including phenoxy) is 1. The molecular weight excluding hydrogens is 194 g/mol. The Morgan fingerprint density at radius 3 is 2.53 bits per heavy atom. The molecule has 0 aromatic heterocycles. The second kappa shape index (κ2) is 7.65. The highest BCUT2D eigenvalue weighted by Gasteiger charge is 2.31. The van der Waals surface area contributed by atoms with Crippen LogP contribution in [0.4, 0.5) is 0 Å². The first-order valence-corrected chi connectivity index (χ1v) is 5.63. The Kier molecular flexibility index (Phi) is 7.34. The van der Waals surface area contributed by atoms with Crippen molar-refractivity contribution in [2.75, 3.05) is 19.8 Å². The summed E-state index contributed by atoms with van der Waals surface area (Å²) in [6.45, 7) is 7.57. The molecule has 0 aliphatic carbocycles. The van der Waals surface area contributed by atoms with Gasteiger partial charge >= 0.3 is 5.97 Å². The largest absolute Gasteiger partial charge is 0.480 e. The molecule has 4 heteroatoms. The van der Waals surface area contributed by atoms with Crippen molar-refractivity contribution < 1.29 is 14.6 Å². The first-order chi connectivity index (χ1) is 7.06. The van der Waals surface area contributed by atoms with E-state index in [4.69, 9.17) is 9.84 Å². The number of rotatable bonds is 9. The molecule has 0 amide bonds. The Bertz CT molecular complexity index is 185. The molecule has 0 aromatic carbocycles. The van der Waals surface area contributed by atoms with Crippen LogP contribution in [0.15, 0.2) is 0 Å². The summed E-state index contributed by atoms with van der Waals surface area (Å²) >= 11 is 0. The van der Waals surface area contributed by atoms with Crippen molar-refractivity contribution in [3.63, 3.8) is 0 Å². The van der Waals surface area contributed by atoms with Gasteiger partial charge in [-0.3, -0.25) is 4.79 Å². The van der Waals surface area contributed by atoms with E-state index < -0.39 is 11.5 Å². The summed E-state index contributed by atoms with van der Waals surface area (Å²) in [6.07, 6.45) is 2.63. The third-order valence-electron chi connectivity index (χ3n) is 2.43. The maximum absolute atomic E-state index is 11.0. The maximum Gasteiger partial charge on any atom is 0.323 e. The van der Waals surface area contributed by atoms with Gasteiger partial charge in [-0.2, -0.15) is 0 Å². The minimum atomic E-state index is -0.860. The molecule has 2 N–H and O–H groups in total. The number of hydrogen-bond acceptors (Lipinski definition) is 3. The fourth-order valence-corrected chi connectivity index (χ4v) is 1.29. The Morgan fingerprint density at radius 2 is 2.07 bits per heavy atom. The van der Waals surface area contributed by atoms with Gasteiger partial charge in [-0.15, -0.1) is 0 Å². The van der Waals surface area contributed by atoms with Crippen LogP contribution < -0.4 is 5.32 Å². The third-order valence-corrected chi connectivity index (χ3v) is 2.43. The molecule has 0 heterocycles. The topological polar surface area (TPSA) is 58.6 Å². The fraction of sp³-hybridized carbons (Fsp3) is 0.909. The Hall–Kier alpha value is -0.610. The summed E-state index contributed by atoms with van der Waals surface area (Å²) in [7, 11) is 0. The molecule has 0 saturated heterocycles. The number of carbonyl (C=O) groups is 1. The van der Waals surface area contributed by atoms with Gasteiger partial charge < -0.3 is 15.2 Å². The molecular formula is C11H23NO3. The summed E-state index contributed by atoms with van der Waals surface area (Å²) in [5, 5.41) is 12.0. The number of carboxylic acid groups (broad SMARTS) is 1. The highest BCUT2D eigenvalue weighted by Crippen LogP contribution is 2.10. The molecule has 0 rings (SSSR count). The summed E-state index contributed by atoms with van der Waals surface area (Å²) in [5.74, 6) is -0.816. The number of aliphatic carboxylic acids is 1. The van der Waals surface area contributed by atoms with Crippen molar-refractivity contribution in [3.05, 3.63) is 0 Å². The summed E-state index contributed by atoms with van der Waals surface area (Å²) in [4.78, 5) is 11.0.